The molecule has 11 heteroatoms. The first-order valence-electron chi connectivity index (χ1n) is 6.04. The summed E-state index contributed by atoms with van der Waals surface area (Å²) in [6, 6.07) is 0. The van der Waals surface area contributed by atoms with Gasteiger partial charge in [-0.05, 0) is 0 Å². The fraction of sp³-hybridized carbons (Fsp3) is 0.667. The van der Waals surface area contributed by atoms with E-state index in [1.54, 1.807) is 0 Å². The van der Waals surface area contributed by atoms with Gasteiger partial charge in [-0.2, -0.15) is 0 Å². The summed E-state index contributed by atoms with van der Waals surface area (Å²) < 4.78 is 21.7. The first-order chi connectivity index (χ1) is 9.45. The van der Waals surface area contributed by atoms with E-state index in [0.29, 0.717) is 13.0 Å². The summed E-state index contributed by atoms with van der Waals surface area (Å²) in [5.74, 6) is -0.222. The van der Waals surface area contributed by atoms with E-state index in [4.69, 9.17) is 5.14 Å². The number of nitrogens with one attached hydrogen (secondary N) is 2. The summed E-state index contributed by atoms with van der Waals surface area (Å²) in [6.07, 6.45) is 0.324. The number of nitrogens with two attached hydrogens (primary N) is 1. The van der Waals surface area contributed by atoms with Crippen molar-refractivity contribution >= 4 is 32.4 Å². The number of hydrogen-bond donors (Lipinski definition) is 3. The van der Waals surface area contributed by atoms with Gasteiger partial charge in [-0.15, -0.1) is 10.2 Å². The number of nitrogens with zero attached hydrogens (tertiary/aromatic N) is 3. The van der Waals surface area contributed by atoms with Crippen molar-refractivity contribution in [2.45, 2.75) is 10.8 Å². The SMILES string of the molecule is NS(=O)(=O)c1nnc(NC(=O)CCN2CCNCC2)s1. The molecule has 1 aromatic heterocycles. The molecule has 0 aromatic carbocycles. The fourth-order valence-corrected chi connectivity index (χ4v) is 3.10. The summed E-state index contributed by atoms with van der Waals surface area (Å²) in [5, 5.41) is 17.8. The second-order valence-corrected chi connectivity index (χ2v) is 7.02. The number of anilines is 1. The Labute approximate surface area is 120 Å². The molecule has 9 nitrogen and oxygen atoms in total. The molecule has 0 unspecified atom stereocenters. The molecule has 0 bridgehead atoms. The van der Waals surface area contributed by atoms with Crippen LogP contribution in [0.15, 0.2) is 4.34 Å². The Morgan fingerprint density at radius 1 is 1.40 bits per heavy atom. The summed E-state index contributed by atoms with van der Waals surface area (Å²) in [4.78, 5) is 13.9. The number of piperazine rings is 1. The Morgan fingerprint density at radius 3 is 2.70 bits per heavy atom. The van der Waals surface area contributed by atoms with Crippen LogP contribution < -0.4 is 15.8 Å². The molecule has 0 spiro atoms. The molecule has 2 heterocycles. The summed E-state index contributed by atoms with van der Waals surface area (Å²) >= 11 is 0.739. The molecule has 0 atom stereocenters. The normalized spacial score (nSPS) is 17.1. The topological polar surface area (TPSA) is 130 Å². The minimum absolute atomic E-state index is 0.138. The molecule has 0 aliphatic carbocycles. The quantitative estimate of drug-likeness (QED) is 0.558. The number of hydrogen-bond acceptors (Lipinski definition) is 8. The van der Waals surface area contributed by atoms with Crippen molar-refractivity contribution in [2.75, 3.05) is 38.0 Å². The van der Waals surface area contributed by atoms with Gasteiger partial charge >= 0.3 is 0 Å². The van der Waals surface area contributed by atoms with E-state index in [0.717, 1.165) is 37.5 Å². The predicted octanol–water partition coefficient (Wildman–Crippen LogP) is -1.58. The maximum Gasteiger partial charge on any atom is 0.267 e. The Hall–Kier alpha value is -1.14. The zero-order chi connectivity index (χ0) is 14.6. The van der Waals surface area contributed by atoms with Crippen LogP contribution in [0, 0.1) is 0 Å². The van der Waals surface area contributed by atoms with Crippen molar-refractivity contribution < 1.29 is 13.2 Å². The van der Waals surface area contributed by atoms with E-state index < -0.39 is 10.0 Å². The molecular weight excluding hydrogens is 304 g/mol. The number of primary sulfonamides is 1. The number of carbonyl (C=O) groups excluding carboxylic acids is 1. The highest BCUT2D eigenvalue weighted by Gasteiger charge is 2.17. The van der Waals surface area contributed by atoms with E-state index in [1.165, 1.54) is 0 Å². The van der Waals surface area contributed by atoms with E-state index in [1.807, 2.05) is 0 Å². The van der Waals surface area contributed by atoms with Gasteiger partial charge in [0.2, 0.25) is 15.4 Å². The maximum absolute atomic E-state index is 11.7. The van der Waals surface area contributed by atoms with Crippen LogP contribution in [0.3, 0.4) is 0 Å². The zero-order valence-corrected chi connectivity index (χ0v) is 12.3. The van der Waals surface area contributed by atoms with Crippen LogP contribution in [-0.4, -0.2) is 62.1 Å². The van der Waals surface area contributed by atoms with Crippen molar-refractivity contribution in [3.63, 3.8) is 0 Å². The average Bonchev–Trinajstić information content (AvgIpc) is 2.86. The second kappa shape index (κ2) is 6.54. The summed E-state index contributed by atoms with van der Waals surface area (Å²) in [6.45, 7) is 4.35. The molecule has 1 amide bonds. The molecular formula is C9H16N6O3S2. The number of aromatic nitrogens is 2. The van der Waals surface area contributed by atoms with Gasteiger partial charge in [-0.3, -0.25) is 4.79 Å². The van der Waals surface area contributed by atoms with Crippen LogP contribution >= 0.6 is 11.3 Å². The molecule has 2 rings (SSSR count). The highest BCUT2D eigenvalue weighted by molar-refractivity contribution is 7.91. The lowest BCUT2D eigenvalue weighted by Gasteiger charge is -2.26. The monoisotopic (exact) mass is 320 g/mol. The van der Waals surface area contributed by atoms with Crippen molar-refractivity contribution in [2.24, 2.45) is 5.14 Å². The average molecular weight is 320 g/mol. The number of carbonyl (C=O) groups is 1. The lowest BCUT2D eigenvalue weighted by atomic mass is 10.3. The molecule has 20 heavy (non-hydrogen) atoms. The second-order valence-electron chi connectivity index (χ2n) is 4.31. The largest absolute Gasteiger partial charge is 0.314 e. The van der Waals surface area contributed by atoms with Gasteiger partial charge in [0, 0.05) is 39.1 Å². The number of sulfonamides is 1. The van der Waals surface area contributed by atoms with Gasteiger partial charge in [0.05, 0.1) is 0 Å². The minimum Gasteiger partial charge on any atom is -0.314 e. The molecule has 1 fully saturated rings. The number of amides is 1. The molecule has 1 aliphatic heterocycles. The van der Waals surface area contributed by atoms with Crippen LogP contribution in [0.4, 0.5) is 5.13 Å². The molecule has 1 saturated heterocycles. The van der Waals surface area contributed by atoms with Crippen LogP contribution in [0.25, 0.3) is 0 Å². The van der Waals surface area contributed by atoms with Crippen LogP contribution in [0.1, 0.15) is 6.42 Å². The van der Waals surface area contributed by atoms with Crippen molar-refractivity contribution in [3.05, 3.63) is 0 Å². The smallest absolute Gasteiger partial charge is 0.267 e. The van der Waals surface area contributed by atoms with E-state index >= 15 is 0 Å². The molecule has 4 N–H and O–H groups in total. The first kappa shape index (κ1) is 15.3. The van der Waals surface area contributed by atoms with Crippen LogP contribution in [-0.2, 0) is 14.8 Å². The Morgan fingerprint density at radius 2 is 2.10 bits per heavy atom. The van der Waals surface area contributed by atoms with Gasteiger partial charge in [0.25, 0.3) is 10.0 Å². The van der Waals surface area contributed by atoms with Gasteiger partial charge in [-0.25, -0.2) is 13.6 Å². The van der Waals surface area contributed by atoms with Gasteiger partial charge in [-0.1, -0.05) is 11.3 Å². The predicted molar refractivity (Wildman–Crippen MR) is 73.8 cm³/mol. The van der Waals surface area contributed by atoms with Crippen molar-refractivity contribution in [1.29, 1.82) is 0 Å². The van der Waals surface area contributed by atoms with E-state index in [9.17, 15) is 13.2 Å². The first-order valence-corrected chi connectivity index (χ1v) is 8.40. The third-order valence-electron chi connectivity index (χ3n) is 2.76. The Bertz CT molecular complexity index is 566. The van der Waals surface area contributed by atoms with Gasteiger partial charge < -0.3 is 15.5 Å². The van der Waals surface area contributed by atoms with Gasteiger partial charge in [0.1, 0.15) is 0 Å². The zero-order valence-electron chi connectivity index (χ0n) is 10.7. The standard InChI is InChI=1S/C9H16N6O3S2/c10-20(17,18)9-14-13-8(19-9)12-7(16)1-4-15-5-2-11-3-6-15/h11H,1-6H2,(H2,10,17,18)(H,12,13,16). The van der Waals surface area contributed by atoms with Crippen LogP contribution in [0.2, 0.25) is 0 Å². The lowest BCUT2D eigenvalue weighted by molar-refractivity contribution is -0.116. The molecule has 1 aromatic rings. The number of rotatable bonds is 5. The highest BCUT2D eigenvalue weighted by atomic mass is 32.2. The molecule has 0 radical (unpaired) electrons. The third kappa shape index (κ3) is 4.45. The molecule has 0 saturated carbocycles. The minimum atomic E-state index is -3.87. The lowest BCUT2D eigenvalue weighted by Crippen LogP contribution is -2.44. The van der Waals surface area contributed by atoms with Gasteiger partial charge in [0.15, 0.2) is 0 Å². The third-order valence-corrected chi connectivity index (χ3v) is 4.91. The highest BCUT2D eigenvalue weighted by Crippen LogP contribution is 2.18. The van der Waals surface area contributed by atoms with E-state index in [-0.39, 0.29) is 15.4 Å². The Kier molecular flexibility index (Phi) is 4.99. The Balaban J connectivity index is 1.80. The van der Waals surface area contributed by atoms with E-state index in [2.05, 4.69) is 25.7 Å². The maximum atomic E-state index is 11.7. The van der Waals surface area contributed by atoms with Crippen molar-refractivity contribution in [3.8, 4) is 0 Å². The van der Waals surface area contributed by atoms with Crippen molar-refractivity contribution in [1.82, 2.24) is 20.4 Å². The summed E-state index contributed by atoms with van der Waals surface area (Å²) in [7, 11) is -3.87. The van der Waals surface area contributed by atoms with Crippen LogP contribution in [0.5, 0.6) is 0 Å². The molecule has 112 valence electrons. The summed E-state index contributed by atoms with van der Waals surface area (Å²) in [5.41, 5.74) is 0. The fourth-order valence-electron chi connectivity index (χ4n) is 1.75. The molecule has 1 aliphatic rings.